The van der Waals surface area contributed by atoms with Crippen molar-refractivity contribution < 1.29 is 14.3 Å². The number of carboxylic acid groups (broad SMARTS) is 1. The Morgan fingerprint density at radius 1 is 1.52 bits per heavy atom. The van der Waals surface area contributed by atoms with Gasteiger partial charge in [-0.05, 0) is 18.2 Å². The highest BCUT2D eigenvalue weighted by Gasteiger charge is 2.36. The summed E-state index contributed by atoms with van der Waals surface area (Å²) in [6, 6.07) is 4.51. The van der Waals surface area contributed by atoms with E-state index in [4.69, 9.17) is 0 Å². The summed E-state index contributed by atoms with van der Waals surface area (Å²) in [5.74, 6) is -1.59. The number of aliphatic imine (C=N–C) groups is 1. The lowest BCUT2D eigenvalue weighted by Gasteiger charge is -2.28. The number of nitrogens with one attached hydrogen (secondary N) is 1. The molecule has 3 rings (SSSR count). The molecule has 2 aliphatic heterocycles. The normalized spacial score (nSPS) is 17.3. The van der Waals surface area contributed by atoms with Crippen LogP contribution in [0.1, 0.15) is 0 Å². The van der Waals surface area contributed by atoms with Crippen molar-refractivity contribution in [3.8, 4) is 0 Å². The van der Waals surface area contributed by atoms with Crippen molar-refractivity contribution in [3.63, 3.8) is 0 Å². The maximum absolute atomic E-state index is 13.9. The predicted octanol–water partition coefficient (Wildman–Crippen LogP) is 2.18. The van der Waals surface area contributed by atoms with Gasteiger partial charge < -0.3 is 5.11 Å². The number of halogens is 2. The molecule has 2 heterocycles. The molecule has 1 aromatic rings. The molecule has 0 unspecified atom stereocenters. The van der Waals surface area contributed by atoms with Crippen molar-refractivity contribution in [2.45, 2.75) is 0 Å². The molecule has 0 bridgehead atoms. The van der Waals surface area contributed by atoms with Crippen LogP contribution >= 0.6 is 15.9 Å². The first-order chi connectivity index (χ1) is 10.0. The van der Waals surface area contributed by atoms with Crippen LogP contribution in [0.15, 0.2) is 51.5 Å². The Kier molecular flexibility index (Phi) is 3.48. The van der Waals surface area contributed by atoms with Gasteiger partial charge in [0.25, 0.3) is 0 Å². The van der Waals surface area contributed by atoms with Crippen LogP contribution in [0.4, 0.5) is 10.1 Å². The molecule has 0 spiro atoms. The lowest BCUT2D eigenvalue weighted by atomic mass is 10.3. The summed E-state index contributed by atoms with van der Waals surface area (Å²) in [6.07, 6.45) is 4.58. The number of carbonyl (C=O) groups is 1. The topological polar surface area (TPSA) is 70.8 Å². The minimum absolute atomic E-state index is 0.00261. The number of rotatable bonds is 3. The Morgan fingerprint density at radius 3 is 3.05 bits per heavy atom. The van der Waals surface area contributed by atoms with E-state index in [-0.39, 0.29) is 17.9 Å². The Hall–Kier alpha value is -2.19. The number of benzene rings is 1. The second kappa shape index (κ2) is 5.30. The maximum atomic E-state index is 13.9. The molecule has 6 nitrogen and oxygen atoms in total. The molecule has 0 amide bonds. The minimum Gasteiger partial charge on any atom is -0.476 e. The third-order valence-corrected chi connectivity index (χ3v) is 3.52. The summed E-state index contributed by atoms with van der Waals surface area (Å²) in [5.41, 5.74) is 3.78. The van der Waals surface area contributed by atoms with Gasteiger partial charge in [0.15, 0.2) is 6.20 Å². The fourth-order valence-electron chi connectivity index (χ4n) is 2.02. The Morgan fingerprint density at radius 2 is 2.33 bits per heavy atom. The number of aliphatic carboxylic acids is 1. The minimum atomic E-state index is -1.11. The monoisotopic (exact) mass is 352 g/mol. The van der Waals surface area contributed by atoms with Crippen molar-refractivity contribution in [3.05, 3.63) is 52.3 Å². The first kappa shape index (κ1) is 13.8. The molecule has 2 N–H and O–H groups in total. The number of carboxylic acids is 1. The average Bonchev–Trinajstić information content (AvgIpc) is 2.88. The van der Waals surface area contributed by atoms with E-state index < -0.39 is 11.8 Å². The molecule has 0 aliphatic carbocycles. The molecule has 0 fully saturated rings. The average molecular weight is 353 g/mol. The number of hydrogen-bond acceptors (Lipinski definition) is 5. The van der Waals surface area contributed by atoms with Crippen LogP contribution in [-0.4, -0.2) is 29.0 Å². The highest BCUT2D eigenvalue weighted by molar-refractivity contribution is 9.10. The highest BCUT2D eigenvalue weighted by Crippen LogP contribution is 2.24. The van der Waals surface area contributed by atoms with Gasteiger partial charge in [-0.3, -0.25) is 10.4 Å². The van der Waals surface area contributed by atoms with Gasteiger partial charge in [0.1, 0.15) is 12.4 Å². The molecule has 1 aromatic carbocycles. The smallest absolute Gasteiger partial charge is 0.359 e. The summed E-state index contributed by atoms with van der Waals surface area (Å²) in [5, 5.41) is 10.6. The summed E-state index contributed by atoms with van der Waals surface area (Å²) in [4.78, 5) is 16.9. The van der Waals surface area contributed by atoms with E-state index in [2.05, 4.69) is 26.3 Å². The van der Waals surface area contributed by atoms with Crippen molar-refractivity contribution in [2.24, 2.45) is 4.99 Å². The van der Waals surface area contributed by atoms with Crippen LogP contribution in [0.25, 0.3) is 0 Å². The number of hydrogen-bond donors (Lipinski definition) is 2. The van der Waals surface area contributed by atoms with Gasteiger partial charge in [-0.2, -0.15) is 0 Å². The van der Waals surface area contributed by atoms with E-state index in [1.54, 1.807) is 17.2 Å². The number of hydrazine groups is 1. The van der Waals surface area contributed by atoms with E-state index in [0.29, 0.717) is 4.47 Å². The third-order valence-electron chi connectivity index (χ3n) is 3.02. The summed E-state index contributed by atoms with van der Waals surface area (Å²) < 4.78 is 14.5. The fraction of sp³-hybridized carbons (Fsp3) is 0.0769. The number of nitrogens with zero attached hydrogens (tertiary/aromatic N) is 3. The molecule has 0 atom stereocenters. The number of anilines is 1. The molecule has 2 aliphatic rings. The molecular weight excluding hydrogens is 343 g/mol. The predicted molar refractivity (Wildman–Crippen MR) is 78.9 cm³/mol. The van der Waals surface area contributed by atoms with Gasteiger partial charge in [0, 0.05) is 4.47 Å². The molecular formula is C13H10BrFN4O2+. The van der Waals surface area contributed by atoms with Gasteiger partial charge in [-0.15, -0.1) is 0 Å². The zero-order valence-electron chi connectivity index (χ0n) is 10.6. The first-order valence-corrected chi connectivity index (χ1v) is 6.79. The highest BCUT2D eigenvalue weighted by atomic mass is 79.9. The SMILES string of the molecule is O=C(O)C1=C[N+]2C=NC=C2CN1Nc1ccc(Br)cc1F. The molecule has 21 heavy (non-hydrogen) atoms. The molecule has 0 saturated carbocycles. The second-order valence-corrected chi connectivity index (χ2v) is 5.35. The van der Waals surface area contributed by atoms with E-state index >= 15 is 0 Å². The molecule has 0 saturated heterocycles. The first-order valence-electron chi connectivity index (χ1n) is 5.99. The molecule has 107 valence electrons. The van der Waals surface area contributed by atoms with Crippen LogP contribution in [-0.2, 0) is 4.79 Å². The molecule has 1 radical (unpaired) electrons. The van der Waals surface area contributed by atoms with Crippen LogP contribution in [0.3, 0.4) is 0 Å². The lowest BCUT2D eigenvalue weighted by molar-refractivity contribution is -0.134. The van der Waals surface area contributed by atoms with Crippen molar-refractivity contribution >= 4 is 33.9 Å². The van der Waals surface area contributed by atoms with E-state index in [1.165, 1.54) is 29.7 Å². The summed E-state index contributed by atoms with van der Waals surface area (Å²) in [6.45, 7) is 0.258. The molecule has 8 heteroatoms. The van der Waals surface area contributed by atoms with E-state index in [9.17, 15) is 14.3 Å². The Labute approximate surface area is 128 Å². The second-order valence-electron chi connectivity index (χ2n) is 4.43. The van der Waals surface area contributed by atoms with Gasteiger partial charge in [-0.25, -0.2) is 14.2 Å². The summed E-state index contributed by atoms with van der Waals surface area (Å²) >= 11 is 3.17. The quantitative estimate of drug-likeness (QED) is 0.818. The zero-order chi connectivity index (χ0) is 15.0. The number of fused-ring (bicyclic) bond motifs is 1. The Balaban J connectivity index is 1.90. The fourth-order valence-corrected chi connectivity index (χ4v) is 2.35. The van der Waals surface area contributed by atoms with Gasteiger partial charge in [-0.1, -0.05) is 20.8 Å². The molecule has 0 aromatic heterocycles. The zero-order valence-corrected chi connectivity index (χ0v) is 12.2. The maximum Gasteiger partial charge on any atom is 0.359 e. The van der Waals surface area contributed by atoms with E-state index in [1.807, 2.05) is 0 Å². The Bertz CT molecular complexity index is 701. The largest absolute Gasteiger partial charge is 0.476 e. The van der Waals surface area contributed by atoms with Crippen LogP contribution in [0.5, 0.6) is 0 Å². The van der Waals surface area contributed by atoms with Crippen LogP contribution < -0.4 is 10.3 Å². The van der Waals surface area contributed by atoms with Gasteiger partial charge in [0.2, 0.25) is 17.7 Å². The van der Waals surface area contributed by atoms with E-state index in [0.717, 1.165) is 5.70 Å². The van der Waals surface area contributed by atoms with Crippen molar-refractivity contribution in [1.82, 2.24) is 9.91 Å². The third kappa shape index (κ3) is 2.67. The lowest BCUT2D eigenvalue weighted by Crippen LogP contribution is -2.43. The van der Waals surface area contributed by atoms with Crippen molar-refractivity contribution in [2.75, 3.05) is 12.0 Å². The van der Waals surface area contributed by atoms with Gasteiger partial charge >= 0.3 is 5.97 Å². The van der Waals surface area contributed by atoms with Gasteiger partial charge in [0.05, 0.1) is 11.9 Å². The summed E-state index contributed by atoms with van der Waals surface area (Å²) in [7, 11) is 0. The standard InChI is InChI=1S/C13H10BrFN4O2/c14-8-1-2-11(10(15)3-8)17-19-5-9-4-16-7-18(9)6-12(19)13(20)21/h1-4,6-7,17H,5H2,(H,20,21)/q+1. The van der Waals surface area contributed by atoms with Crippen molar-refractivity contribution in [1.29, 1.82) is 0 Å². The van der Waals surface area contributed by atoms with Crippen LogP contribution in [0.2, 0.25) is 0 Å². The van der Waals surface area contributed by atoms with Crippen LogP contribution in [0, 0.1) is 5.82 Å².